The topological polar surface area (TPSA) is 63.7 Å². The predicted octanol–water partition coefficient (Wildman–Crippen LogP) is 6.15. The van der Waals surface area contributed by atoms with Crippen LogP contribution >= 0.6 is 0 Å². The molecule has 5 nitrogen and oxygen atoms in total. The second-order valence-electron chi connectivity index (χ2n) is 10.4. The summed E-state index contributed by atoms with van der Waals surface area (Å²) >= 11 is 0. The molecule has 2 heterocycles. The lowest BCUT2D eigenvalue weighted by atomic mass is 9.64. The monoisotopic (exact) mass is 529 g/mol. The Morgan fingerprint density at radius 1 is 0.850 bits per heavy atom. The molecular weight excluding hydrogens is 505 g/mol. The van der Waals surface area contributed by atoms with E-state index in [1.807, 2.05) is 35.2 Å². The zero-order chi connectivity index (χ0) is 27.6. The minimum atomic E-state index is -1.59. The first kappa shape index (κ1) is 24.2. The maximum Gasteiger partial charge on any atom is 0.186 e. The largest absolute Gasteiger partial charge is 0.497 e. The van der Waals surface area contributed by atoms with Crippen LogP contribution in [0.5, 0.6) is 5.75 Å². The first-order chi connectivity index (χ1) is 19.5. The first-order valence-corrected chi connectivity index (χ1v) is 13.1. The van der Waals surface area contributed by atoms with Gasteiger partial charge in [-0.2, -0.15) is 0 Å². The van der Waals surface area contributed by atoms with E-state index in [9.17, 15) is 18.8 Å². The standard InChI is InChI=1S/C34H24FNO4/c1-40-24-11-7-10-22(19-24)31(37)30-29(20-8-3-2-4-9-20)34(32(38)25-12-5-6-13-26(25)33(34)39)28-17-14-21-18-23(35)15-16-27(21)36(28)30/h2-19,28-30H,1H3/t28-,29-,30+/m0/s1. The summed E-state index contributed by atoms with van der Waals surface area (Å²) in [5.74, 6) is -1.55. The molecule has 0 amide bonds. The van der Waals surface area contributed by atoms with Crippen molar-refractivity contribution in [1.82, 2.24) is 0 Å². The van der Waals surface area contributed by atoms with E-state index >= 15 is 0 Å². The molecule has 1 saturated heterocycles. The molecular formula is C34H24FNO4. The molecule has 196 valence electrons. The SMILES string of the molecule is COc1cccc(C(=O)[C@H]2[C@H](c3ccccc3)C3(C(=O)c4ccccc4C3=O)[C@@H]3C=Cc4cc(F)ccc4N32)c1. The number of ketones is 3. The van der Waals surface area contributed by atoms with E-state index in [-0.39, 0.29) is 17.3 Å². The summed E-state index contributed by atoms with van der Waals surface area (Å²) in [5, 5.41) is 0. The van der Waals surface area contributed by atoms with Crippen molar-refractivity contribution in [3.05, 3.63) is 137 Å². The van der Waals surface area contributed by atoms with Crippen LogP contribution in [0.1, 0.15) is 48.1 Å². The predicted molar refractivity (Wildman–Crippen MR) is 150 cm³/mol. The Morgan fingerprint density at radius 2 is 1.55 bits per heavy atom. The Hall–Kier alpha value is -4.84. The molecule has 1 spiro atoms. The maximum absolute atomic E-state index is 14.6. The van der Waals surface area contributed by atoms with Gasteiger partial charge in [0.2, 0.25) is 0 Å². The highest BCUT2D eigenvalue weighted by Crippen LogP contribution is 2.61. The fraction of sp³-hybridized carbons (Fsp3) is 0.147. The lowest BCUT2D eigenvalue weighted by Gasteiger charge is -2.37. The molecule has 0 saturated carbocycles. The average Bonchev–Trinajstić information content (AvgIpc) is 3.43. The quantitative estimate of drug-likeness (QED) is 0.234. The van der Waals surface area contributed by atoms with Gasteiger partial charge in [-0.25, -0.2) is 4.39 Å². The van der Waals surface area contributed by atoms with E-state index in [0.29, 0.717) is 39.3 Å². The van der Waals surface area contributed by atoms with E-state index in [1.54, 1.807) is 66.7 Å². The zero-order valence-electron chi connectivity index (χ0n) is 21.6. The highest BCUT2D eigenvalue weighted by atomic mass is 19.1. The van der Waals surface area contributed by atoms with Gasteiger partial charge in [0.25, 0.3) is 0 Å². The number of methoxy groups -OCH3 is 1. The van der Waals surface area contributed by atoms with Crippen LogP contribution in [0.3, 0.4) is 0 Å². The normalized spacial score (nSPS) is 21.8. The van der Waals surface area contributed by atoms with Crippen molar-refractivity contribution in [2.45, 2.75) is 18.0 Å². The fourth-order valence-corrected chi connectivity index (χ4v) is 6.93. The van der Waals surface area contributed by atoms with Crippen LogP contribution in [0.25, 0.3) is 6.08 Å². The third-order valence-electron chi connectivity index (χ3n) is 8.55. The molecule has 4 aromatic carbocycles. The van der Waals surface area contributed by atoms with Crippen molar-refractivity contribution in [2.24, 2.45) is 5.41 Å². The Labute approximate surface area is 230 Å². The van der Waals surface area contributed by atoms with E-state index in [2.05, 4.69) is 0 Å². The second-order valence-corrected chi connectivity index (χ2v) is 10.4. The summed E-state index contributed by atoms with van der Waals surface area (Å²) in [6, 6.07) is 25.7. The lowest BCUT2D eigenvalue weighted by molar-refractivity contribution is 0.0666. The number of carbonyl (C=O) groups excluding carboxylic acids is 3. The molecule has 7 rings (SSSR count). The summed E-state index contributed by atoms with van der Waals surface area (Å²) in [6.45, 7) is 0. The van der Waals surface area contributed by atoms with Gasteiger partial charge in [-0.05, 0) is 35.9 Å². The Morgan fingerprint density at radius 3 is 2.25 bits per heavy atom. The summed E-state index contributed by atoms with van der Waals surface area (Å²) in [7, 11) is 1.53. The van der Waals surface area contributed by atoms with Crippen molar-refractivity contribution in [2.75, 3.05) is 12.0 Å². The molecule has 1 fully saturated rings. The summed E-state index contributed by atoms with van der Waals surface area (Å²) < 4.78 is 19.7. The van der Waals surface area contributed by atoms with Gasteiger partial charge >= 0.3 is 0 Å². The first-order valence-electron chi connectivity index (χ1n) is 13.1. The van der Waals surface area contributed by atoms with Crippen LogP contribution in [-0.2, 0) is 0 Å². The number of hydrogen-bond acceptors (Lipinski definition) is 5. The Kier molecular flexibility index (Phi) is 5.36. The van der Waals surface area contributed by atoms with Crippen molar-refractivity contribution in [3.8, 4) is 5.75 Å². The van der Waals surface area contributed by atoms with Crippen LogP contribution in [0.15, 0.2) is 103 Å². The van der Waals surface area contributed by atoms with Crippen LogP contribution < -0.4 is 9.64 Å². The second kappa shape index (κ2) is 8.85. The highest BCUT2D eigenvalue weighted by Gasteiger charge is 2.71. The van der Waals surface area contributed by atoms with E-state index < -0.39 is 29.2 Å². The number of rotatable bonds is 4. The number of hydrogen-bond donors (Lipinski definition) is 0. The van der Waals surface area contributed by atoms with Crippen molar-refractivity contribution < 1.29 is 23.5 Å². The highest BCUT2D eigenvalue weighted by molar-refractivity contribution is 6.32. The van der Waals surface area contributed by atoms with Gasteiger partial charge in [-0.1, -0.05) is 78.9 Å². The van der Waals surface area contributed by atoms with Crippen molar-refractivity contribution >= 4 is 29.1 Å². The zero-order valence-corrected chi connectivity index (χ0v) is 21.6. The average molecular weight is 530 g/mol. The van der Waals surface area contributed by atoms with Crippen LogP contribution in [0.2, 0.25) is 0 Å². The number of halogens is 1. The molecule has 0 aromatic heterocycles. The fourth-order valence-electron chi connectivity index (χ4n) is 6.93. The number of Topliss-reactive ketones (excluding diaryl/α,β-unsaturated/α-hetero) is 3. The van der Waals surface area contributed by atoms with E-state index in [1.165, 1.54) is 19.2 Å². The molecule has 0 unspecified atom stereocenters. The molecule has 0 bridgehead atoms. The van der Waals surface area contributed by atoms with E-state index in [0.717, 1.165) is 0 Å². The molecule has 2 aliphatic heterocycles. The molecule has 6 heteroatoms. The number of carbonyl (C=O) groups is 3. The van der Waals surface area contributed by atoms with Crippen LogP contribution in [0.4, 0.5) is 10.1 Å². The molecule has 3 atom stereocenters. The minimum absolute atomic E-state index is 0.253. The van der Waals surface area contributed by atoms with Gasteiger partial charge in [0.1, 0.15) is 23.0 Å². The Bertz CT molecular complexity index is 1710. The number of anilines is 1. The van der Waals surface area contributed by atoms with Crippen molar-refractivity contribution in [1.29, 1.82) is 0 Å². The van der Waals surface area contributed by atoms with Crippen molar-refractivity contribution in [3.63, 3.8) is 0 Å². The smallest absolute Gasteiger partial charge is 0.186 e. The van der Waals surface area contributed by atoms with E-state index in [4.69, 9.17) is 4.74 Å². The molecule has 0 N–H and O–H groups in total. The van der Waals surface area contributed by atoms with Gasteiger partial charge in [-0.3, -0.25) is 14.4 Å². The molecule has 4 aromatic rings. The lowest BCUT2D eigenvalue weighted by Crippen LogP contribution is -2.48. The van der Waals surface area contributed by atoms with Crippen LogP contribution in [0, 0.1) is 11.2 Å². The molecule has 0 radical (unpaired) electrons. The minimum Gasteiger partial charge on any atom is -0.497 e. The molecule has 40 heavy (non-hydrogen) atoms. The Balaban J connectivity index is 1.54. The number of benzene rings is 4. The number of nitrogens with zero attached hydrogens (tertiary/aromatic N) is 1. The maximum atomic E-state index is 14.6. The summed E-state index contributed by atoms with van der Waals surface area (Å²) in [4.78, 5) is 45.6. The third kappa shape index (κ3) is 3.16. The van der Waals surface area contributed by atoms with Gasteiger partial charge in [0, 0.05) is 33.9 Å². The van der Waals surface area contributed by atoms with Gasteiger partial charge in [0.05, 0.1) is 13.2 Å². The summed E-state index contributed by atoms with van der Waals surface area (Å²) in [6.07, 6.45) is 3.55. The molecule has 3 aliphatic rings. The van der Waals surface area contributed by atoms with Gasteiger partial charge in [-0.15, -0.1) is 0 Å². The number of fused-ring (bicyclic) bond motifs is 5. The summed E-state index contributed by atoms with van der Waals surface area (Å²) in [5.41, 5.74) is 1.43. The van der Waals surface area contributed by atoms with Gasteiger partial charge in [0.15, 0.2) is 17.3 Å². The third-order valence-corrected chi connectivity index (χ3v) is 8.55. The molecule has 1 aliphatic carbocycles. The van der Waals surface area contributed by atoms with Crippen LogP contribution in [-0.4, -0.2) is 36.5 Å². The van der Waals surface area contributed by atoms with Gasteiger partial charge < -0.3 is 9.64 Å². The number of ether oxygens (including phenoxy) is 1.